The van der Waals surface area contributed by atoms with Crippen molar-refractivity contribution in [3.63, 3.8) is 0 Å². The Labute approximate surface area is 152 Å². The maximum absolute atomic E-state index is 11.6. The Hall–Kier alpha value is -2.78. The van der Waals surface area contributed by atoms with Crippen LogP contribution in [0.2, 0.25) is 0 Å². The van der Waals surface area contributed by atoms with E-state index in [-0.39, 0.29) is 4.90 Å². The van der Waals surface area contributed by atoms with Crippen molar-refractivity contribution >= 4 is 15.7 Å². The highest BCUT2D eigenvalue weighted by molar-refractivity contribution is 7.89. The molecule has 0 saturated carbocycles. The van der Waals surface area contributed by atoms with Crippen LogP contribution < -0.4 is 10.5 Å². The summed E-state index contributed by atoms with van der Waals surface area (Å²) in [6.07, 6.45) is 7.07. The fourth-order valence-electron chi connectivity index (χ4n) is 2.62. The standard InChI is InChI=1S/C17H20N6O2S/c1-11-5-16(26(18,24)25)12(2)4-15(11)19-6-13-7-20-17(21-8-13)14-9-22-23(3)10-14/h4-5,7-10,19H,6H2,1-3H3,(H2,18,24,25). The maximum Gasteiger partial charge on any atom is 0.238 e. The Morgan fingerprint density at radius 3 is 2.38 bits per heavy atom. The lowest BCUT2D eigenvalue weighted by Crippen LogP contribution is -2.14. The first-order chi connectivity index (χ1) is 12.2. The van der Waals surface area contributed by atoms with Gasteiger partial charge < -0.3 is 5.32 Å². The molecular formula is C17H20N6O2S. The van der Waals surface area contributed by atoms with Crippen LogP contribution in [0.1, 0.15) is 16.7 Å². The summed E-state index contributed by atoms with van der Waals surface area (Å²) in [5.41, 5.74) is 4.00. The monoisotopic (exact) mass is 372 g/mol. The third-order valence-corrected chi connectivity index (χ3v) is 5.03. The lowest BCUT2D eigenvalue weighted by atomic mass is 10.1. The van der Waals surface area contributed by atoms with Gasteiger partial charge in [0.15, 0.2) is 5.82 Å². The number of nitrogens with one attached hydrogen (secondary N) is 1. The van der Waals surface area contributed by atoms with Crippen molar-refractivity contribution < 1.29 is 8.42 Å². The highest BCUT2D eigenvalue weighted by atomic mass is 32.2. The lowest BCUT2D eigenvalue weighted by molar-refractivity contribution is 0.597. The number of anilines is 1. The predicted molar refractivity (Wildman–Crippen MR) is 98.8 cm³/mol. The second-order valence-corrected chi connectivity index (χ2v) is 7.68. The van der Waals surface area contributed by atoms with E-state index in [4.69, 9.17) is 5.14 Å². The zero-order valence-corrected chi connectivity index (χ0v) is 15.6. The van der Waals surface area contributed by atoms with E-state index in [1.54, 1.807) is 42.3 Å². The summed E-state index contributed by atoms with van der Waals surface area (Å²) in [7, 11) is -1.88. The minimum atomic E-state index is -3.72. The van der Waals surface area contributed by atoms with Gasteiger partial charge in [0.05, 0.1) is 16.7 Å². The summed E-state index contributed by atoms with van der Waals surface area (Å²) in [6, 6.07) is 3.36. The maximum atomic E-state index is 11.6. The molecule has 0 atom stereocenters. The fraction of sp³-hybridized carbons (Fsp3) is 0.235. The van der Waals surface area contributed by atoms with Gasteiger partial charge in [0.2, 0.25) is 10.0 Å². The van der Waals surface area contributed by atoms with E-state index in [9.17, 15) is 8.42 Å². The molecule has 26 heavy (non-hydrogen) atoms. The van der Waals surface area contributed by atoms with Gasteiger partial charge in [-0.1, -0.05) is 0 Å². The number of primary sulfonamides is 1. The van der Waals surface area contributed by atoms with Gasteiger partial charge in [-0.3, -0.25) is 4.68 Å². The topological polar surface area (TPSA) is 116 Å². The van der Waals surface area contributed by atoms with E-state index in [1.807, 2.05) is 20.2 Å². The predicted octanol–water partition coefficient (Wildman–Crippen LogP) is 1.75. The number of nitrogens with zero attached hydrogens (tertiary/aromatic N) is 4. The van der Waals surface area contributed by atoms with Gasteiger partial charge >= 0.3 is 0 Å². The molecule has 3 aromatic rings. The van der Waals surface area contributed by atoms with Crippen LogP contribution >= 0.6 is 0 Å². The second-order valence-electron chi connectivity index (χ2n) is 6.15. The number of aryl methyl sites for hydroxylation is 3. The second kappa shape index (κ2) is 6.85. The first-order valence-corrected chi connectivity index (χ1v) is 9.46. The number of rotatable bonds is 5. The summed E-state index contributed by atoms with van der Waals surface area (Å²) >= 11 is 0. The molecule has 0 amide bonds. The Bertz CT molecular complexity index is 1040. The molecule has 0 aliphatic carbocycles. The Morgan fingerprint density at radius 1 is 1.12 bits per heavy atom. The highest BCUT2D eigenvalue weighted by Gasteiger charge is 2.14. The normalized spacial score (nSPS) is 11.5. The van der Waals surface area contributed by atoms with Gasteiger partial charge in [0.25, 0.3) is 0 Å². The van der Waals surface area contributed by atoms with Crippen molar-refractivity contribution in [2.75, 3.05) is 5.32 Å². The molecule has 0 fully saturated rings. The third-order valence-electron chi connectivity index (χ3n) is 3.98. The number of nitrogens with two attached hydrogens (primary N) is 1. The number of benzene rings is 1. The quantitative estimate of drug-likeness (QED) is 0.705. The lowest BCUT2D eigenvalue weighted by Gasteiger charge is -2.13. The van der Waals surface area contributed by atoms with Crippen LogP contribution in [0.5, 0.6) is 0 Å². The molecule has 0 unspecified atom stereocenters. The molecule has 1 aromatic carbocycles. The van der Waals surface area contributed by atoms with Crippen LogP contribution in [0, 0.1) is 13.8 Å². The van der Waals surface area contributed by atoms with Crippen molar-refractivity contribution in [2.24, 2.45) is 12.2 Å². The van der Waals surface area contributed by atoms with Crippen molar-refractivity contribution in [2.45, 2.75) is 25.3 Å². The number of aromatic nitrogens is 4. The average Bonchev–Trinajstić information content (AvgIpc) is 3.01. The molecule has 0 bridgehead atoms. The average molecular weight is 372 g/mol. The van der Waals surface area contributed by atoms with E-state index in [2.05, 4.69) is 20.4 Å². The minimum absolute atomic E-state index is 0.143. The van der Waals surface area contributed by atoms with Crippen LogP contribution in [0.15, 0.2) is 41.8 Å². The smallest absolute Gasteiger partial charge is 0.238 e. The third kappa shape index (κ3) is 3.89. The Balaban J connectivity index is 1.74. The van der Waals surface area contributed by atoms with Gasteiger partial charge in [-0.15, -0.1) is 0 Å². The Kier molecular flexibility index (Phi) is 4.75. The molecule has 0 saturated heterocycles. The van der Waals surface area contributed by atoms with Crippen molar-refractivity contribution in [3.05, 3.63) is 53.6 Å². The van der Waals surface area contributed by atoms with Crippen molar-refractivity contribution in [1.29, 1.82) is 0 Å². The van der Waals surface area contributed by atoms with Crippen LogP contribution in [-0.2, 0) is 23.6 Å². The minimum Gasteiger partial charge on any atom is -0.381 e. The van der Waals surface area contributed by atoms with E-state index in [0.29, 0.717) is 17.9 Å². The SMILES string of the molecule is Cc1cc(S(N)(=O)=O)c(C)cc1NCc1cnc(-c2cnn(C)c2)nc1. The summed E-state index contributed by atoms with van der Waals surface area (Å²) in [5.74, 6) is 0.617. The van der Waals surface area contributed by atoms with Crippen LogP contribution in [0.3, 0.4) is 0 Å². The van der Waals surface area contributed by atoms with Crippen molar-refractivity contribution in [3.8, 4) is 11.4 Å². The molecule has 3 N–H and O–H groups in total. The number of hydrogen-bond donors (Lipinski definition) is 2. The molecule has 9 heteroatoms. The molecule has 0 aliphatic heterocycles. The Morgan fingerprint density at radius 2 is 1.81 bits per heavy atom. The zero-order chi connectivity index (χ0) is 18.9. The summed E-state index contributed by atoms with van der Waals surface area (Å²) in [6.45, 7) is 4.07. The number of hydrogen-bond acceptors (Lipinski definition) is 6. The van der Waals surface area contributed by atoms with E-state index < -0.39 is 10.0 Å². The molecule has 0 spiro atoms. The molecule has 136 valence electrons. The molecule has 8 nitrogen and oxygen atoms in total. The van der Waals surface area contributed by atoms with Gasteiger partial charge in [-0.05, 0) is 37.1 Å². The molecule has 3 rings (SSSR count). The largest absolute Gasteiger partial charge is 0.381 e. The molecule has 2 heterocycles. The number of sulfonamides is 1. The van der Waals surface area contributed by atoms with Crippen LogP contribution in [-0.4, -0.2) is 28.2 Å². The van der Waals surface area contributed by atoms with E-state index in [1.165, 1.54) is 0 Å². The summed E-state index contributed by atoms with van der Waals surface area (Å²) in [5, 5.41) is 12.6. The summed E-state index contributed by atoms with van der Waals surface area (Å²) in [4.78, 5) is 8.86. The van der Waals surface area contributed by atoms with Gasteiger partial charge in [-0.2, -0.15) is 5.10 Å². The molecule has 0 radical (unpaired) electrons. The van der Waals surface area contributed by atoms with E-state index >= 15 is 0 Å². The zero-order valence-electron chi connectivity index (χ0n) is 14.8. The molecule has 0 aliphatic rings. The van der Waals surface area contributed by atoms with Gasteiger partial charge in [0, 0.05) is 43.4 Å². The highest BCUT2D eigenvalue weighted by Crippen LogP contribution is 2.24. The van der Waals surface area contributed by atoms with Crippen LogP contribution in [0.25, 0.3) is 11.4 Å². The first-order valence-electron chi connectivity index (χ1n) is 7.92. The van der Waals surface area contributed by atoms with E-state index in [0.717, 1.165) is 22.4 Å². The fourth-order valence-corrected chi connectivity index (χ4v) is 3.46. The van der Waals surface area contributed by atoms with Gasteiger partial charge in [0.1, 0.15) is 0 Å². The van der Waals surface area contributed by atoms with Gasteiger partial charge in [-0.25, -0.2) is 23.5 Å². The first kappa shape index (κ1) is 18.0. The van der Waals surface area contributed by atoms with Crippen molar-refractivity contribution in [1.82, 2.24) is 19.7 Å². The van der Waals surface area contributed by atoms with Crippen LogP contribution in [0.4, 0.5) is 5.69 Å². The molecular weight excluding hydrogens is 352 g/mol. The summed E-state index contributed by atoms with van der Waals surface area (Å²) < 4.78 is 24.9. The molecule has 2 aromatic heterocycles.